The van der Waals surface area contributed by atoms with Gasteiger partial charge in [0, 0.05) is 23.1 Å². The highest BCUT2D eigenvalue weighted by Gasteiger charge is 2.36. The van der Waals surface area contributed by atoms with Crippen LogP contribution in [-0.4, -0.2) is 44.3 Å². The number of hydrogen-bond acceptors (Lipinski definition) is 4. The molecule has 3 aromatic rings. The minimum Gasteiger partial charge on any atom is -0.354 e. The molecule has 0 unspecified atom stereocenters. The summed E-state index contributed by atoms with van der Waals surface area (Å²) in [5.41, 5.74) is -1.02. The van der Waals surface area contributed by atoms with Crippen LogP contribution in [0.4, 0.5) is 18.9 Å². The first-order valence-corrected chi connectivity index (χ1v) is 15.2. The normalized spacial score (nSPS) is 12.5. The number of alkyl halides is 3. The molecule has 42 heavy (non-hydrogen) atoms. The van der Waals surface area contributed by atoms with Crippen LogP contribution in [0.3, 0.4) is 0 Å². The lowest BCUT2D eigenvalue weighted by molar-refractivity contribution is -0.140. The molecule has 13 heteroatoms. The fourth-order valence-electron chi connectivity index (χ4n) is 4.20. The molecule has 0 aliphatic rings. The second kappa shape index (κ2) is 14.3. The van der Waals surface area contributed by atoms with Gasteiger partial charge in [0.25, 0.3) is 10.0 Å². The number of halogens is 5. The van der Waals surface area contributed by atoms with Gasteiger partial charge in [0.15, 0.2) is 0 Å². The maximum absolute atomic E-state index is 14.0. The monoisotopic (exact) mass is 643 g/mol. The molecule has 0 heterocycles. The average Bonchev–Trinajstić information content (AvgIpc) is 2.95. The van der Waals surface area contributed by atoms with Gasteiger partial charge in [-0.25, -0.2) is 8.42 Å². The van der Waals surface area contributed by atoms with Gasteiger partial charge in [-0.1, -0.05) is 67.4 Å². The second-order valence-corrected chi connectivity index (χ2v) is 12.1. The van der Waals surface area contributed by atoms with Crippen molar-refractivity contribution in [1.82, 2.24) is 10.2 Å². The fourth-order valence-corrected chi connectivity index (χ4v) is 6.10. The van der Waals surface area contributed by atoms with Crippen molar-refractivity contribution in [1.29, 1.82) is 0 Å². The number of benzene rings is 3. The van der Waals surface area contributed by atoms with Crippen LogP contribution >= 0.6 is 23.2 Å². The Labute approximate surface area is 253 Å². The van der Waals surface area contributed by atoms with E-state index in [0.717, 1.165) is 12.1 Å². The first-order valence-electron chi connectivity index (χ1n) is 13.1. The highest BCUT2D eigenvalue weighted by molar-refractivity contribution is 7.92. The molecule has 1 N–H and O–H groups in total. The Balaban J connectivity index is 2.12. The molecule has 0 fully saturated rings. The number of anilines is 1. The summed E-state index contributed by atoms with van der Waals surface area (Å²) in [7, 11) is -4.52. The summed E-state index contributed by atoms with van der Waals surface area (Å²) in [6, 6.07) is 14.3. The molecule has 2 amide bonds. The van der Waals surface area contributed by atoms with E-state index in [1.165, 1.54) is 41.3 Å². The number of rotatable bonds is 12. The average molecular weight is 645 g/mol. The lowest BCUT2D eigenvalue weighted by Gasteiger charge is -2.33. The van der Waals surface area contributed by atoms with E-state index in [0.29, 0.717) is 33.9 Å². The lowest BCUT2D eigenvalue weighted by Crippen LogP contribution is -2.52. The van der Waals surface area contributed by atoms with E-state index < -0.39 is 46.2 Å². The summed E-state index contributed by atoms with van der Waals surface area (Å²) in [5, 5.41) is 3.31. The summed E-state index contributed by atoms with van der Waals surface area (Å²) in [6.45, 7) is 2.82. The molecule has 0 aliphatic carbocycles. The van der Waals surface area contributed by atoms with Gasteiger partial charge in [0.2, 0.25) is 11.8 Å². The number of nitrogens with zero attached hydrogens (tertiary/aromatic N) is 2. The van der Waals surface area contributed by atoms with Crippen molar-refractivity contribution < 1.29 is 31.2 Å². The van der Waals surface area contributed by atoms with Crippen LogP contribution in [0.1, 0.15) is 37.8 Å². The smallest absolute Gasteiger partial charge is 0.354 e. The third-order valence-electron chi connectivity index (χ3n) is 6.36. The van der Waals surface area contributed by atoms with Crippen molar-refractivity contribution in [3.63, 3.8) is 0 Å². The van der Waals surface area contributed by atoms with Gasteiger partial charge < -0.3 is 10.2 Å². The zero-order chi connectivity index (χ0) is 31.1. The van der Waals surface area contributed by atoms with E-state index >= 15 is 0 Å². The van der Waals surface area contributed by atoms with Crippen LogP contribution in [0.5, 0.6) is 0 Å². The molecular weight excluding hydrogens is 614 g/mol. The third kappa shape index (κ3) is 8.17. The molecule has 3 aromatic carbocycles. The highest BCUT2D eigenvalue weighted by atomic mass is 35.5. The quantitative estimate of drug-likeness (QED) is 0.243. The predicted molar refractivity (Wildman–Crippen MR) is 157 cm³/mol. The summed E-state index contributed by atoms with van der Waals surface area (Å²) >= 11 is 12.4. The molecule has 0 aromatic heterocycles. The predicted octanol–water partition coefficient (Wildman–Crippen LogP) is 6.54. The van der Waals surface area contributed by atoms with Crippen LogP contribution in [0.15, 0.2) is 77.7 Å². The van der Waals surface area contributed by atoms with Crippen molar-refractivity contribution in [3.8, 4) is 0 Å². The number of amides is 2. The first-order chi connectivity index (χ1) is 19.8. The van der Waals surface area contributed by atoms with E-state index in [4.69, 9.17) is 23.2 Å². The largest absolute Gasteiger partial charge is 0.416 e. The standard InChI is InChI=1S/C29H30Cl2F3N3O4S/c1-3-15-35-28(39)26(4-2)36(18-20-13-14-22(30)17-25(20)31)27(38)19-37(42(40,41)24-11-6-5-7-12-24)23-10-8-9-21(16-23)29(32,33)34/h5-14,16-17,26H,3-4,15,18-19H2,1-2H3,(H,35,39)/t26-/m0/s1. The first kappa shape index (κ1) is 33.2. The Hall–Kier alpha value is -3.28. The molecular formula is C29H30Cl2F3N3O4S. The van der Waals surface area contributed by atoms with Crippen LogP contribution in [-0.2, 0) is 32.3 Å². The maximum Gasteiger partial charge on any atom is 0.416 e. The number of sulfonamides is 1. The van der Waals surface area contributed by atoms with Crippen molar-refractivity contribution in [2.24, 2.45) is 0 Å². The minimum atomic E-state index is -4.76. The van der Waals surface area contributed by atoms with E-state index in [1.807, 2.05) is 6.92 Å². The van der Waals surface area contributed by atoms with Gasteiger partial charge in [-0.3, -0.25) is 13.9 Å². The lowest BCUT2D eigenvalue weighted by atomic mass is 10.1. The van der Waals surface area contributed by atoms with Gasteiger partial charge in [0.05, 0.1) is 16.1 Å². The molecule has 7 nitrogen and oxygen atoms in total. The Bertz CT molecular complexity index is 1510. The molecule has 1 atom stereocenters. The minimum absolute atomic E-state index is 0.168. The Kier molecular flexibility index (Phi) is 11.3. The van der Waals surface area contributed by atoms with Crippen molar-refractivity contribution in [2.45, 2.75) is 50.3 Å². The second-order valence-electron chi connectivity index (χ2n) is 9.35. The zero-order valence-electron chi connectivity index (χ0n) is 22.9. The molecule has 0 saturated heterocycles. The fraction of sp³-hybridized carbons (Fsp3) is 0.310. The van der Waals surface area contributed by atoms with Crippen molar-refractivity contribution in [3.05, 3.63) is 94.0 Å². The van der Waals surface area contributed by atoms with Crippen LogP contribution < -0.4 is 9.62 Å². The molecule has 0 bridgehead atoms. The maximum atomic E-state index is 14.0. The zero-order valence-corrected chi connectivity index (χ0v) is 25.2. The van der Waals surface area contributed by atoms with Gasteiger partial charge >= 0.3 is 6.18 Å². The number of hydrogen-bond donors (Lipinski definition) is 1. The molecule has 226 valence electrons. The summed E-state index contributed by atoms with van der Waals surface area (Å²) in [6.07, 6.45) is -3.95. The summed E-state index contributed by atoms with van der Waals surface area (Å²) < 4.78 is 68.9. The van der Waals surface area contributed by atoms with Gasteiger partial charge in [-0.2, -0.15) is 13.2 Å². The number of nitrogens with one attached hydrogen (secondary N) is 1. The summed E-state index contributed by atoms with van der Waals surface area (Å²) in [5.74, 6) is -1.29. The highest BCUT2D eigenvalue weighted by Crippen LogP contribution is 2.33. The molecule has 0 spiro atoms. The SMILES string of the molecule is CCCNC(=O)[C@H](CC)N(Cc1ccc(Cl)cc1Cl)C(=O)CN(c1cccc(C(F)(F)F)c1)S(=O)(=O)c1ccccc1. The van der Waals surface area contributed by atoms with Crippen LogP contribution in [0.25, 0.3) is 0 Å². The van der Waals surface area contributed by atoms with Crippen LogP contribution in [0.2, 0.25) is 10.0 Å². The van der Waals surface area contributed by atoms with Crippen LogP contribution in [0, 0.1) is 0 Å². The van der Waals surface area contributed by atoms with Gasteiger partial charge in [-0.05, 0) is 60.9 Å². The van der Waals surface area contributed by atoms with Crippen molar-refractivity contribution >= 4 is 50.7 Å². The topological polar surface area (TPSA) is 86.8 Å². The Morgan fingerprint density at radius 3 is 2.24 bits per heavy atom. The Morgan fingerprint density at radius 2 is 1.64 bits per heavy atom. The Morgan fingerprint density at radius 1 is 0.952 bits per heavy atom. The number of carbonyl (C=O) groups is 2. The van der Waals surface area contributed by atoms with Gasteiger partial charge in [-0.15, -0.1) is 0 Å². The van der Waals surface area contributed by atoms with E-state index in [-0.39, 0.29) is 28.6 Å². The third-order valence-corrected chi connectivity index (χ3v) is 8.74. The molecule has 3 rings (SSSR count). The summed E-state index contributed by atoms with van der Waals surface area (Å²) in [4.78, 5) is 28.1. The molecule has 0 aliphatic heterocycles. The molecule has 0 radical (unpaired) electrons. The van der Waals surface area contributed by atoms with Gasteiger partial charge in [0.1, 0.15) is 12.6 Å². The van der Waals surface area contributed by atoms with E-state index in [1.54, 1.807) is 25.1 Å². The molecule has 0 saturated carbocycles. The number of carbonyl (C=O) groups excluding carboxylic acids is 2. The van der Waals surface area contributed by atoms with E-state index in [9.17, 15) is 31.2 Å². The van der Waals surface area contributed by atoms with E-state index in [2.05, 4.69) is 5.32 Å². The van der Waals surface area contributed by atoms with Crippen molar-refractivity contribution in [2.75, 3.05) is 17.4 Å².